The van der Waals surface area contributed by atoms with Gasteiger partial charge in [0, 0.05) is 10.9 Å². The SMILES string of the molecule is c1ccc2c(c1)[nH]c1nn3cnnc3nc12. The summed E-state index contributed by atoms with van der Waals surface area (Å²) in [6.07, 6.45) is 1.54. The lowest BCUT2D eigenvalue weighted by molar-refractivity contribution is 0.929. The third kappa shape index (κ3) is 0.855. The summed E-state index contributed by atoms with van der Waals surface area (Å²) in [6, 6.07) is 7.96. The molecule has 0 atom stereocenters. The van der Waals surface area contributed by atoms with Gasteiger partial charge in [-0.15, -0.1) is 15.3 Å². The van der Waals surface area contributed by atoms with Crippen LogP contribution in [0.3, 0.4) is 0 Å². The number of nitrogens with one attached hydrogen (secondary N) is 1. The molecule has 0 bridgehead atoms. The molecule has 6 heteroatoms. The molecule has 76 valence electrons. The predicted molar refractivity (Wildman–Crippen MR) is 57.9 cm³/mol. The van der Waals surface area contributed by atoms with E-state index in [1.54, 1.807) is 4.52 Å². The van der Waals surface area contributed by atoms with Gasteiger partial charge in [-0.05, 0) is 6.07 Å². The van der Waals surface area contributed by atoms with Gasteiger partial charge in [-0.1, -0.05) is 18.2 Å². The second-order valence-electron chi connectivity index (χ2n) is 3.56. The van der Waals surface area contributed by atoms with E-state index in [0.29, 0.717) is 5.78 Å². The molecule has 0 amide bonds. The highest BCUT2D eigenvalue weighted by Crippen LogP contribution is 2.21. The summed E-state index contributed by atoms with van der Waals surface area (Å²) in [7, 11) is 0. The van der Waals surface area contributed by atoms with Crippen LogP contribution < -0.4 is 0 Å². The van der Waals surface area contributed by atoms with Crippen molar-refractivity contribution in [1.29, 1.82) is 0 Å². The topological polar surface area (TPSA) is 71.8 Å². The van der Waals surface area contributed by atoms with Gasteiger partial charge in [0.05, 0.1) is 0 Å². The van der Waals surface area contributed by atoms with E-state index in [9.17, 15) is 0 Å². The van der Waals surface area contributed by atoms with Crippen molar-refractivity contribution in [1.82, 2.24) is 29.8 Å². The maximum atomic E-state index is 4.42. The zero-order chi connectivity index (χ0) is 10.5. The van der Waals surface area contributed by atoms with E-state index in [1.165, 1.54) is 6.33 Å². The first-order valence-corrected chi connectivity index (χ1v) is 4.86. The number of aromatic nitrogens is 6. The first-order chi connectivity index (χ1) is 7.92. The predicted octanol–water partition coefficient (Wildman–Crippen LogP) is 1.15. The van der Waals surface area contributed by atoms with Crippen LogP contribution in [0.1, 0.15) is 0 Å². The molecule has 1 N–H and O–H groups in total. The minimum atomic E-state index is 0.511. The molecule has 0 radical (unpaired) electrons. The summed E-state index contributed by atoms with van der Waals surface area (Å²) >= 11 is 0. The van der Waals surface area contributed by atoms with Gasteiger partial charge in [0.25, 0.3) is 5.78 Å². The van der Waals surface area contributed by atoms with Crippen molar-refractivity contribution in [3.63, 3.8) is 0 Å². The van der Waals surface area contributed by atoms with E-state index in [2.05, 4.69) is 25.3 Å². The van der Waals surface area contributed by atoms with E-state index < -0.39 is 0 Å². The summed E-state index contributed by atoms with van der Waals surface area (Å²) in [5, 5.41) is 13.0. The maximum absolute atomic E-state index is 4.42. The van der Waals surface area contributed by atoms with Crippen LogP contribution in [-0.4, -0.2) is 29.8 Å². The van der Waals surface area contributed by atoms with Crippen LogP contribution in [0.5, 0.6) is 0 Å². The summed E-state index contributed by atoms with van der Waals surface area (Å²) in [5.74, 6) is 0.511. The smallest absolute Gasteiger partial charge is 0.272 e. The van der Waals surface area contributed by atoms with Gasteiger partial charge in [0.1, 0.15) is 11.8 Å². The molecule has 0 aliphatic rings. The summed E-state index contributed by atoms with van der Waals surface area (Å²) in [4.78, 5) is 7.63. The number of fused-ring (bicyclic) bond motifs is 4. The van der Waals surface area contributed by atoms with Gasteiger partial charge in [-0.3, -0.25) is 0 Å². The zero-order valence-corrected chi connectivity index (χ0v) is 8.12. The molecule has 0 spiro atoms. The number of rotatable bonds is 0. The van der Waals surface area contributed by atoms with Crippen LogP contribution in [0.15, 0.2) is 30.6 Å². The van der Waals surface area contributed by atoms with E-state index in [-0.39, 0.29) is 0 Å². The summed E-state index contributed by atoms with van der Waals surface area (Å²) < 4.78 is 1.55. The van der Waals surface area contributed by atoms with Gasteiger partial charge in [-0.2, -0.15) is 4.52 Å². The second kappa shape index (κ2) is 2.54. The highest BCUT2D eigenvalue weighted by molar-refractivity contribution is 6.03. The Hall–Kier alpha value is -2.50. The molecule has 4 aromatic rings. The van der Waals surface area contributed by atoms with Gasteiger partial charge in [0.15, 0.2) is 5.65 Å². The maximum Gasteiger partial charge on any atom is 0.272 e. The zero-order valence-electron chi connectivity index (χ0n) is 8.12. The van der Waals surface area contributed by atoms with E-state index >= 15 is 0 Å². The quantitative estimate of drug-likeness (QED) is 0.472. The normalized spacial score (nSPS) is 11.8. The minimum Gasteiger partial charge on any atom is -0.336 e. The lowest BCUT2D eigenvalue weighted by Crippen LogP contribution is -1.93. The Labute approximate surface area is 88.9 Å². The van der Waals surface area contributed by atoms with Crippen LogP contribution in [0.4, 0.5) is 0 Å². The molecule has 4 rings (SSSR count). The molecular formula is C10H6N6. The molecule has 1 aromatic carbocycles. The van der Waals surface area contributed by atoms with Gasteiger partial charge < -0.3 is 4.98 Å². The Morgan fingerprint density at radius 3 is 3.12 bits per heavy atom. The molecule has 3 heterocycles. The Balaban J connectivity index is 2.32. The molecular weight excluding hydrogens is 204 g/mol. The molecule has 3 aromatic heterocycles. The molecule has 6 nitrogen and oxygen atoms in total. The lowest BCUT2D eigenvalue weighted by Gasteiger charge is -1.90. The number of para-hydroxylation sites is 1. The monoisotopic (exact) mass is 210 g/mol. The fourth-order valence-electron chi connectivity index (χ4n) is 1.87. The Bertz CT molecular complexity index is 812. The average Bonchev–Trinajstić information content (AvgIpc) is 2.88. The number of nitrogens with zero attached hydrogens (tertiary/aromatic N) is 5. The van der Waals surface area contributed by atoms with Gasteiger partial charge >= 0.3 is 0 Å². The Kier molecular flexibility index (Phi) is 1.23. The van der Waals surface area contributed by atoms with Crippen LogP contribution in [0.2, 0.25) is 0 Å². The van der Waals surface area contributed by atoms with Crippen molar-refractivity contribution in [2.75, 3.05) is 0 Å². The third-order valence-corrected chi connectivity index (χ3v) is 2.59. The second-order valence-corrected chi connectivity index (χ2v) is 3.56. The highest BCUT2D eigenvalue weighted by Gasteiger charge is 2.08. The first-order valence-electron chi connectivity index (χ1n) is 4.86. The lowest BCUT2D eigenvalue weighted by atomic mass is 10.2. The Morgan fingerprint density at radius 1 is 1.19 bits per heavy atom. The summed E-state index contributed by atoms with van der Waals surface area (Å²) in [5.41, 5.74) is 2.60. The number of H-pyrrole nitrogens is 1. The number of aromatic amines is 1. The van der Waals surface area contributed by atoms with Crippen LogP contribution >= 0.6 is 0 Å². The minimum absolute atomic E-state index is 0.511. The van der Waals surface area contributed by atoms with Gasteiger partial charge in [-0.25, -0.2) is 4.98 Å². The average molecular weight is 210 g/mol. The van der Waals surface area contributed by atoms with Crippen LogP contribution in [0, 0.1) is 0 Å². The van der Waals surface area contributed by atoms with Crippen molar-refractivity contribution in [3.8, 4) is 0 Å². The fraction of sp³-hybridized carbons (Fsp3) is 0. The molecule has 0 aliphatic heterocycles. The first kappa shape index (κ1) is 7.75. The van der Waals surface area contributed by atoms with Crippen molar-refractivity contribution < 1.29 is 0 Å². The standard InChI is InChI=1S/C10H6N6/c1-2-4-7-6(3-1)8-9(12-7)15-16-5-11-14-10(16)13-8/h1-5H,(H,12,15). The van der Waals surface area contributed by atoms with E-state index in [1.807, 2.05) is 24.3 Å². The van der Waals surface area contributed by atoms with Crippen molar-refractivity contribution in [2.24, 2.45) is 0 Å². The third-order valence-electron chi connectivity index (χ3n) is 2.59. The number of hydrogen-bond acceptors (Lipinski definition) is 4. The largest absolute Gasteiger partial charge is 0.336 e. The number of benzene rings is 1. The molecule has 0 saturated heterocycles. The van der Waals surface area contributed by atoms with Crippen molar-refractivity contribution >= 4 is 27.8 Å². The molecule has 0 unspecified atom stereocenters. The van der Waals surface area contributed by atoms with Crippen molar-refractivity contribution in [3.05, 3.63) is 30.6 Å². The fourth-order valence-corrected chi connectivity index (χ4v) is 1.87. The van der Waals surface area contributed by atoms with Crippen LogP contribution in [0.25, 0.3) is 27.8 Å². The molecule has 0 saturated carbocycles. The molecule has 16 heavy (non-hydrogen) atoms. The van der Waals surface area contributed by atoms with E-state index in [4.69, 9.17) is 0 Å². The highest BCUT2D eigenvalue weighted by atomic mass is 15.4. The van der Waals surface area contributed by atoms with Crippen molar-refractivity contribution in [2.45, 2.75) is 0 Å². The Morgan fingerprint density at radius 2 is 2.12 bits per heavy atom. The van der Waals surface area contributed by atoms with Crippen LogP contribution in [-0.2, 0) is 0 Å². The van der Waals surface area contributed by atoms with E-state index in [0.717, 1.165) is 22.1 Å². The summed E-state index contributed by atoms with van der Waals surface area (Å²) in [6.45, 7) is 0. The molecule has 0 fully saturated rings. The van der Waals surface area contributed by atoms with Gasteiger partial charge in [0.2, 0.25) is 0 Å². The molecule has 0 aliphatic carbocycles. The number of hydrogen-bond donors (Lipinski definition) is 1.